The first-order chi connectivity index (χ1) is 15.2. The number of urea groups is 1. The minimum Gasteiger partial charge on any atom is -0.378 e. The van der Waals surface area contributed by atoms with E-state index >= 15 is 0 Å². The van der Waals surface area contributed by atoms with E-state index in [2.05, 4.69) is 15.8 Å². The summed E-state index contributed by atoms with van der Waals surface area (Å²) in [6.45, 7) is 0. The molecule has 32 heavy (non-hydrogen) atoms. The van der Waals surface area contributed by atoms with E-state index in [1.807, 2.05) is 0 Å². The Morgan fingerprint density at radius 2 is 1.75 bits per heavy atom. The van der Waals surface area contributed by atoms with E-state index in [1.54, 1.807) is 18.2 Å². The molecule has 1 aromatic heterocycles. The largest absolute Gasteiger partial charge is 0.417 e. The summed E-state index contributed by atoms with van der Waals surface area (Å²) in [5.74, 6) is -0.374. The molecular weight excluding hydrogens is 449 g/mol. The van der Waals surface area contributed by atoms with Gasteiger partial charge < -0.3 is 10.2 Å². The highest BCUT2D eigenvalue weighted by Crippen LogP contribution is 2.38. The Kier molecular flexibility index (Phi) is 6.84. The Labute approximate surface area is 185 Å². The topological polar surface area (TPSA) is 83.6 Å². The molecule has 0 unspecified atom stereocenters. The number of carbonyl (C=O) groups excluding carboxylic acids is 2. The summed E-state index contributed by atoms with van der Waals surface area (Å²) in [6.07, 6.45) is -3.41. The maximum atomic E-state index is 13.3. The molecule has 11 heteroatoms. The molecule has 0 bridgehead atoms. The number of halogens is 4. The van der Waals surface area contributed by atoms with E-state index in [1.165, 1.54) is 43.6 Å². The van der Waals surface area contributed by atoms with Gasteiger partial charge in [-0.1, -0.05) is 29.8 Å². The lowest BCUT2D eigenvalue weighted by molar-refractivity contribution is -0.137. The standard InChI is InChI=1S/C21H16ClF3N4O3/c1-26-19(30)18-12-15(9-10-27-18)32-28-20(31)29(13-5-3-2-4-6-13)14-7-8-17(22)16(11-14)21(23,24)25/h2-12H,1H3,(H,26,30)(H,28,31). The van der Waals surface area contributed by atoms with Crippen LogP contribution in [-0.4, -0.2) is 24.0 Å². The Balaban J connectivity index is 1.91. The number of nitrogens with zero attached hydrogens (tertiary/aromatic N) is 2. The Bertz CT molecular complexity index is 1130. The van der Waals surface area contributed by atoms with Crippen molar-refractivity contribution in [2.75, 3.05) is 11.9 Å². The lowest BCUT2D eigenvalue weighted by Gasteiger charge is -2.24. The third kappa shape index (κ3) is 5.27. The van der Waals surface area contributed by atoms with Crippen LogP contribution in [0, 0.1) is 0 Å². The third-order valence-corrected chi connectivity index (χ3v) is 4.51. The summed E-state index contributed by atoms with van der Waals surface area (Å²) in [7, 11) is 1.43. The molecule has 0 aliphatic carbocycles. The molecule has 0 atom stereocenters. The number of pyridine rings is 1. The van der Waals surface area contributed by atoms with Gasteiger partial charge in [-0.05, 0) is 30.3 Å². The first kappa shape index (κ1) is 22.9. The van der Waals surface area contributed by atoms with Gasteiger partial charge >= 0.3 is 12.2 Å². The van der Waals surface area contributed by atoms with Gasteiger partial charge in [0.25, 0.3) is 5.91 Å². The van der Waals surface area contributed by atoms with Gasteiger partial charge in [-0.25, -0.2) is 4.79 Å². The fraction of sp³-hybridized carbons (Fsp3) is 0.0952. The van der Waals surface area contributed by atoms with Crippen LogP contribution in [0.1, 0.15) is 16.1 Å². The lowest BCUT2D eigenvalue weighted by Crippen LogP contribution is -2.39. The lowest BCUT2D eigenvalue weighted by atomic mass is 10.1. The van der Waals surface area contributed by atoms with Crippen LogP contribution >= 0.6 is 11.6 Å². The second-order valence-corrected chi connectivity index (χ2v) is 6.71. The maximum Gasteiger partial charge on any atom is 0.417 e. The SMILES string of the molecule is CNC(=O)c1cc(ONC(=O)N(c2ccccc2)c2ccc(Cl)c(C(F)(F)F)c2)ccn1. The monoisotopic (exact) mass is 464 g/mol. The minimum atomic E-state index is -4.71. The van der Waals surface area contributed by atoms with Gasteiger partial charge in [0, 0.05) is 25.4 Å². The van der Waals surface area contributed by atoms with Crippen molar-refractivity contribution in [3.8, 4) is 5.75 Å². The minimum absolute atomic E-state index is 0.0479. The van der Waals surface area contributed by atoms with E-state index in [9.17, 15) is 22.8 Å². The molecule has 3 rings (SSSR count). The molecule has 2 aromatic carbocycles. The van der Waals surface area contributed by atoms with Crippen LogP contribution in [0.3, 0.4) is 0 Å². The van der Waals surface area contributed by atoms with Crippen molar-refractivity contribution in [3.05, 3.63) is 83.1 Å². The number of aromatic nitrogens is 1. The molecule has 0 aliphatic rings. The maximum absolute atomic E-state index is 13.3. The molecule has 0 saturated heterocycles. The van der Waals surface area contributed by atoms with Gasteiger partial charge in [0.15, 0.2) is 5.75 Å². The number of hydrogen-bond acceptors (Lipinski definition) is 4. The number of para-hydroxylation sites is 1. The molecule has 0 aliphatic heterocycles. The average molecular weight is 465 g/mol. The van der Waals surface area contributed by atoms with Crippen molar-refractivity contribution in [3.63, 3.8) is 0 Å². The highest BCUT2D eigenvalue weighted by Gasteiger charge is 2.34. The molecule has 0 saturated carbocycles. The van der Waals surface area contributed by atoms with Crippen molar-refractivity contribution in [2.24, 2.45) is 0 Å². The van der Waals surface area contributed by atoms with Crippen molar-refractivity contribution in [1.29, 1.82) is 0 Å². The number of carbonyl (C=O) groups is 2. The van der Waals surface area contributed by atoms with Gasteiger partial charge in [0.2, 0.25) is 0 Å². The van der Waals surface area contributed by atoms with Gasteiger partial charge in [0.1, 0.15) is 5.69 Å². The van der Waals surface area contributed by atoms with Crippen LogP contribution in [0.2, 0.25) is 5.02 Å². The number of hydroxylamine groups is 1. The first-order valence-electron chi connectivity index (χ1n) is 9.07. The van der Waals surface area contributed by atoms with Crippen molar-refractivity contribution < 1.29 is 27.6 Å². The van der Waals surface area contributed by atoms with Crippen LogP contribution in [-0.2, 0) is 6.18 Å². The molecule has 1 heterocycles. The molecule has 2 N–H and O–H groups in total. The molecule has 166 valence electrons. The van der Waals surface area contributed by atoms with E-state index in [0.717, 1.165) is 17.0 Å². The van der Waals surface area contributed by atoms with Crippen molar-refractivity contribution in [2.45, 2.75) is 6.18 Å². The summed E-state index contributed by atoms with van der Waals surface area (Å²) in [5.41, 5.74) is 1.32. The second-order valence-electron chi connectivity index (χ2n) is 6.30. The number of hydrogen-bond donors (Lipinski definition) is 2. The zero-order valence-electron chi connectivity index (χ0n) is 16.5. The van der Waals surface area contributed by atoms with Gasteiger partial charge in [-0.2, -0.15) is 18.7 Å². The highest BCUT2D eigenvalue weighted by atomic mass is 35.5. The van der Waals surface area contributed by atoms with Crippen LogP contribution < -0.4 is 20.5 Å². The summed E-state index contributed by atoms with van der Waals surface area (Å²) in [4.78, 5) is 34.7. The number of benzene rings is 2. The molecule has 7 nitrogen and oxygen atoms in total. The smallest absolute Gasteiger partial charge is 0.378 e. The summed E-state index contributed by atoms with van der Waals surface area (Å²) < 4.78 is 40.0. The van der Waals surface area contributed by atoms with Gasteiger partial charge in [-0.3, -0.25) is 14.7 Å². The molecule has 3 aromatic rings. The van der Waals surface area contributed by atoms with E-state index in [-0.39, 0.29) is 22.8 Å². The molecule has 0 fully saturated rings. The van der Waals surface area contributed by atoms with Crippen LogP contribution in [0.4, 0.5) is 29.3 Å². The highest BCUT2D eigenvalue weighted by molar-refractivity contribution is 6.31. The van der Waals surface area contributed by atoms with Crippen LogP contribution in [0.15, 0.2) is 66.9 Å². The molecule has 0 radical (unpaired) electrons. The second kappa shape index (κ2) is 9.56. The predicted octanol–water partition coefficient (Wildman–Crippen LogP) is 4.96. The van der Waals surface area contributed by atoms with E-state index < -0.39 is 28.7 Å². The fourth-order valence-corrected chi connectivity index (χ4v) is 2.93. The first-order valence-corrected chi connectivity index (χ1v) is 9.45. The summed E-state index contributed by atoms with van der Waals surface area (Å²) in [5, 5.41) is 1.91. The number of nitrogens with one attached hydrogen (secondary N) is 2. The number of alkyl halides is 3. The van der Waals surface area contributed by atoms with Crippen molar-refractivity contribution >= 4 is 34.9 Å². The zero-order valence-corrected chi connectivity index (χ0v) is 17.2. The Morgan fingerprint density at radius 1 is 1.03 bits per heavy atom. The summed E-state index contributed by atoms with van der Waals surface area (Å²) >= 11 is 5.70. The molecular formula is C21H16ClF3N4O3. The van der Waals surface area contributed by atoms with E-state index in [0.29, 0.717) is 0 Å². The van der Waals surface area contributed by atoms with Crippen LogP contribution in [0.25, 0.3) is 0 Å². The number of amides is 3. The Morgan fingerprint density at radius 3 is 2.41 bits per heavy atom. The molecule has 3 amide bonds. The number of rotatable bonds is 5. The summed E-state index contributed by atoms with van der Waals surface area (Å²) in [6, 6.07) is 12.9. The van der Waals surface area contributed by atoms with Gasteiger partial charge in [-0.15, -0.1) is 0 Å². The van der Waals surface area contributed by atoms with Crippen molar-refractivity contribution in [1.82, 2.24) is 15.8 Å². The van der Waals surface area contributed by atoms with Gasteiger partial charge in [0.05, 0.1) is 22.0 Å². The van der Waals surface area contributed by atoms with Crippen LogP contribution in [0.5, 0.6) is 5.75 Å². The third-order valence-electron chi connectivity index (χ3n) is 4.18. The number of anilines is 2. The molecule has 0 spiro atoms. The van der Waals surface area contributed by atoms with E-state index in [4.69, 9.17) is 16.4 Å². The predicted molar refractivity (Wildman–Crippen MR) is 112 cm³/mol. The quantitative estimate of drug-likeness (QED) is 0.523. The zero-order chi connectivity index (χ0) is 23.3. The Hall–Kier alpha value is -3.79. The average Bonchev–Trinajstić information content (AvgIpc) is 2.78. The fourth-order valence-electron chi connectivity index (χ4n) is 2.71. The normalized spacial score (nSPS) is 10.9.